The van der Waals surface area contributed by atoms with Crippen LogP contribution in [0.1, 0.15) is 30.0 Å². The molecule has 0 aliphatic rings. The maximum absolute atomic E-state index is 6.72. The second-order valence-electron chi connectivity index (χ2n) is 5.38. The van der Waals surface area contributed by atoms with Crippen LogP contribution in [0.25, 0.3) is 0 Å². The summed E-state index contributed by atoms with van der Waals surface area (Å²) < 4.78 is 5.51. The molecule has 0 saturated carbocycles. The first-order chi connectivity index (χ1) is 9.59. The van der Waals surface area contributed by atoms with E-state index in [1.54, 1.807) is 7.11 Å². The molecule has 2 rings (SSSR count). The van der Waals surface area contributed by atoms with Crippen molar-refractivity contribution in [3.05, 3.63) is 65.2 Å². The first-order valence-corrected chi connectivity index (χ1v) is 7.07. The molecule has 0 aliphatic heterocycles. The van der Waals surface area contributed by atoms with Crippen molar-refractivity contribution in [1.82, 2.24) is 0 Å². The van der Waals surface area contributed by atoms with E-state index in [1.165, 1.54) is 11.1 Å². The molecule has 2 aromatic rings. The van der Waals surface area contributed by atoms with Gasteiger partial charge in [0, 0.05) is 11.1 Å². The lowest BCUT2D eigenvalue weighted by atomic mass is 9.81. The summed E-state index contributed by atoms with van der Waals surface area (Å²) in [6.45, 7) is 4.21. The van der Waals surface area contributed by atoms with Crippen molar-refractivity contribution in [3.8, 4) is 5.75 Å². The van der Waals surface area contributed by atoms with E-state index in [4.69, 9.17) is 10.5 Å². The van der Waals surface area contributed by atoms with Crippen molar-refractivity contribution in [2.24, 2.45) is 5.73 Å². The van der Waals surface area contributed by atoms with Crippen LogP contribution in [0.3, 0.4) is 0 Å². The summed E-state index contributed by atoms with van der Waals surface area (Å²) in [4.78, 5) is 0. The molecule has 0 aliphatic carbocycles. The summed E-state index contributed by atoms with van der Waals surface area (Å²) >= 11 is 0. The zero-order valence-corrected chi connectivity index (χ0v) is 12.5. The summed E-state index contributed by atoms with van der Waals surface area (Å²) in [5.41, 5.74) is 9.86. The molecular formula is C18H23NO. The molecule has 0 heterocycles. The minimum atomic E-state index is -0.404. The Kier molecular flexibility index (Phi) is 4.46. The minimum absolute atomic E-state index is 0.404. The molecule has 0 saturated heterocycles. The van der Waals surface area contributed by atoms with Gasteiger partial charge in [-0.1, -0.05) is 55.0 Å². The molecule has 2 aromatic carbocycles. The van der Waals surface area contributed by atoms with Crippen LogP contribution in [0.5, 0.6) is 5.75 Å². The van der Waals surface area contributed by atoms with Gasteiger partial charge in [0.1, 0.15) is 5.75 Å². The third kappa shape index (κ3) is 3.02. The lowest BCUT2D eigenvalue weighted by Crippen LogP contribution is -2.38. The summed E-state index contributed by atoms with van der Waals surface area (Å²) in [7, 11) is 1.70. The predicted octanol–water partition coefficient (Wildman–Crippen LogP) is 3.81. The zero-order chi connectivity index (χ0) is 14.6. The highest BCUT2D eigenvalue weighted by molar-refractivity contribution is 5.43. The number of rotatable bonds is 5. The molecule has 2 N–H and O–H groups in total. The normalized spacial score (nSPS) is 13.8. The molecule has 1 atom stereocenters. The van der Waals surface area contributed by atoms with E-state index >= 15 is 0 Å². The number of nitrogens with two attached hydrogens (primary N) is 1. The Bertz CT molecular complexity index is 565. The molecule has 0 aromatic heterocycles. The second kappa shape index (κ2) is 6.10. The molecule has 0 spiro atoms. The highest BCUT2D eigenvalue weighted by atomic mass is 16.5. The van der Waals surface area contributed by atoms with E-state index in [0.29, 0.717) is 0 Å². The molecule has 106 valence electrons. The molecule has 1 unspecified atom stereocenters. The Hall–Kier alpha value is -1.80. The second-order valence-corrected chi connectivity index (χ2v) is 5.38. The summed E-state index contributed by atoms with van der Waals surface area (Å²) in [5, 5.41) is 0. The third-order valence-electron chi connectivity index (χ3n) is 3.88. The van der Waals surface area contributed by atoms with Crippen molar-refractivity contribution >= 4 is 0 Å². The average Bonchev–Trinajstić information content (AvgIpc) is 2.48. The largest absolute Gasteiger partial charge is 0.496 e. The Morgan fingerprint density at radius 2 is 1.80 bits per heavy atom. The molecule has 2 nitrogen and oxygen atoms in total. The Labute approximate surface area is 121 Å². The zero-order valence-electron chi connectivity index (χ0n) is 12.5. The van der Waals surface area contributed by atoms with Gasteiger partial charge in [-0.05, 0) is 31.4 Å². The highest BCUT2D eigenvalue weighted by Crippen LogP contribution is 2.34. The van der Waals surface area contributed by atoms with Gasteiger partial charge in [0.25, 0.3) is 0 Å². The lowest BCUT2D eigenvalue weighted by molar-refractivity contribution is 0.367. The molecule has 20 heavy (non-hydrogen) atoms. The van der Waals surface area contributed by atoms with Crippen LogP contribution in [0.2, 0.25) is 0 Å². The lowest BCUT2D eigenvalue weighted by Gasteiger charge is -2.31. The first-order valence-electron chi connectivity index (χ1n) is 7.07. The van der Waals surface area contributed by atoms with Gasteiger partial charge >= 0.3 is 0 Å². The standard InChI is InChI=1S/C18H23NO/c1-4-18(19,13-15-8-6-5-7-9-15)16-12-14(2)10-11-17(16)20-3/h5-12H,4,13,19H2,1-3H3. The molecule has 0 fully saturated rings. The van der Waals surface area contributed by atoms with Gasteiger partial charge in [-0.25, -0.2) is 0 Å². The third-order valence-corrected chi connectivity index (χ3v) is 3.88. The molecule has 0 amide bonds. The maximum atomic E-state index is 6.72. The number of ether oxygens (including phenoxy) is 1. The fourth-order valence-electron chi connectivity index (χ4n) is 2.58. The van der Waals surface area contributed by atoms with E-state index in [1.807, 2.05) is 12.1 Å². The first kappa shape index (κ1) is 14.6. The predicted molar refractivity (Wildman–Crippen MR) is 84.0 cm³/mol. The summed E-state index contributed by atoms with van der Waals surface area (Å²) in [6, 6.07) is 16.6. The van der Waals surface area contributed by atoms with Gasteiger partial charge in [-0.2, -0.15) is 0 Å². The minimum Gasteiger partial charge on any atom is -0.496 e. The van der Waals surface area contributed by atoms with Crippen molar-refractivity contribution in [2.45, 2.75) is 32.2 Å². The van der Waals surface area contributed by atoms with Gasteiger partial charge in [-0.15, -0.1) is 0 Å². The summed E-state index contributed by atoms with van der Waals surface area (Å²) in [6.07, 6.45) is 1.67. The van der Waals surface area contributed by atoms with Gasteiger partial charge < -0.3 is 10.5 Å². The van der Waals surface area contributed by atoms with E-state index in [9.17, 15) is 0 Å². The van der Waals surface area contributed by atoms with Crippen LogP contribution in [-0.4, -0.2) is 7.11 Å². The van der Waals surface area contributed by atoms with Gasteiger partial charge in [0.05, 0.1) is 7.11 Å². The highest BCUT2D eigenvalue weighted by Gasteiger charge is 2.29. The smallest absolute Gasteiger partial charge is 0.123 e. The molecule has 0 radical (unpaired) electrons. The fraction of sp³-hybridized carbons (Fsp3) is 0.333. The van der Waals surface area contributed by atoms with Gasteiger partial charge in [0.15, 0.2) is 0 Å². The topological polar surface area (TPSA) is 35.2 Å². The Morgan fingerprint density at radius 1 is 1.10 bits per heavy atom. The average molecular weight is 269 g/mol. The van der Waals surface area contributed by atoms with Crippen LogP contribution in [0, 0.1) is 6.92 Å². The van der Waals surface area contributed by atoms with Crippen LogP contribution in [-0.2, 0) is 12.0 Å². The number of methoxy groups -OCH3 is 1. The van der Waals surface area contributed by atoms with Crippen molar-refractivity contribution < 1.29 is 4.74 Å². The van der Waals surface area contributed by atoms with E-state index in [0.717, 1.165) is 24.2 Å². The van der Waals surface area contributed by atoms with Gasteiger partial charge in [-0.3, -0.25) is 0 Å². The monoisotopic (exact) mass is 269 g/mol. The van der Waals surface area contributed by atoms with E-state index in [-0.39, 0.29) is 0 Å². The molecule has 0 bridgehead atoms. The van der Waals surface area contributed by atoms with Crippen molar-refractivity contribution in [1.29, 1.82) is 0 Å². The fourth-order valence-corrected chi connectivity index (χ4v) is 2.58. The van der Waals surface area contributed by atoms with Gasteiger partial charge in [0.2, 0.25) is 0 Å². The molecule has 2 heteroatoms. The maximum Gasteiger partial charge on any atom is 0.123 e. The van der Waals surface area contributed by atoms with Crippen LogP contribution < -0.4 is 10.5 Å². The van der Waals surface area contributed by atoms with Crippen LogP contribution in [0.4, 0.5) is 0 Å². The van der Waals surface area contributed by atoms with Crippen molar-refractivity contribution in [2.75, 3.05) is 7.11 Å². The number of benzene rings is 2. The number of hydrogen-bond acceptors (Lipinski definition) is 2. The Morgan fingerprint density at radius 3 is 2.40 bits per heavy atom. The van der Waals surface area contributed by atoms with E-state index in [2.05, 4.69) is 50.2 Å². The van der Waals surface area contributed by atoms with Crippen LogP contribution >= 0.6 is 0 Å². The van der Waals surface area contributed by atoms with E-state index < -0.39 is 5.54 Å². The van der Waals surface area contributed by atoms with Crippen LogP contribution in [0.15, 0.2) is 48.5 Å². The Balaban J connectivity index is 2.42. The number of aryl methyl sites for hydroxylation is 1. The summed E-state index contributed by atoms with van der Waals surface area (Å²) in [5.74, 6) is 0.871. The number of hydrogen-bond donors (Lipinski definition) is 1. The molecular weight excluding hydrogens is 246 g/mol. The quantitative estimate of drug-likeness (QED) is 0.895. The van der Waals surface area contributed by atoms with Crippen molar-refractivity contribution in [3.63, 3.8) is 0 Å². The SMILES string of the molecule is CCC(N)(Cc1ccccc1)c1cc(C)ccc1OC.